The molecule has 0 aliphatic heterocycles. The first kappa shape index (κ1) is 46.4. The summed E-state index contributed by atoms with van der Waals surface area (Å²) in [6.45, 7) is 7.44. The summed E-state index contributed by atoms with van der Waals surface area (Å²) >= 11 is 0. The molecule has 0 atom stereocenters. The van der Waals surface area contributed by atoms with Crippen LogP contribution in [0, 0.1) is 50.3 Å². The number of hydrogen-bond acceptors (Lipinski definition) is 0. The summed E-state index contributed by atoms with van der Waals surface area (Å²) in [5.41, 5.74) is 2.14. The van der Waals surface area contributed by atoms with E-state index in [4.69, 9.17) is 0 Å². The molecule has 0 fully saturated rings. The molecule has 0 unspecified atom stereocenters. The zero-order valence-corrected chi connectivity index (χ0v) is 32.6. The van der Waals surface area contributed by atoms with Gasteiger partial charge in [0.15, 0.2) is 0 Å². The van der Waals surface area contributed by atoms with Crippen LogP contribution in [0.25, 0.3) is 0 Å². The van der Waals surface area contributed by atoms with E-state index >= 15 is 0 Å². The first-order valence-electron chi connectivity index (χ1n) is 15.2. The molecule has 48 heavy (non-hydrogen) atoms. The zero-order valence-electron chi connectivity index (χ0n) is 27.7. The Morgan fingerprint density at radius 2 is 0.604 bits per heavy atom. The van der Waals surface area contributed by atoms with Crippen molar-refractivity contribution in [1.82, 2.24) is 0 Å². The predicted molar refractivity (Wildman–Crippen MR) is 199 cm³/mol. The van der Waals surface area contributed by atoms with Crippen molar-refractivity contribution in [1.29, 1.82) is 0 Å². The van der Waals surface area contributed by atoms with Crippen molar-refractivity contribution in [2.45, 2.75) is 25.7 Å². The smallest absolute Gasteiger partial charge is 0.273 e. The third kappa shape index (κ3) is 36.8. The fraction of sp³-hybridized carbons (Fsp3) is 0.0870. The molecule has 236 valence electrons. The molecular formula is C46H44Zr2. The van der Waals surface area contributed by atoms with Crippen LogP contribution in [0.3, 0.4) is 0 Å². The van der Waals surface area contributed by atoms with Crippen LogP contribution in [-0.4, -0.2) is 0 Å². The molecule has 0 saturated heterocycles. The van der Waals surface area contributed by atoms with E-state index in [1.54, 1.807) is 0 Å². The maximum absolute atomic E-state index is 3.72. The summed E-state index contributed by atoms with van der Waals surface area (Å²) in [5.74, 6) is 0. The molecule has 0 amide bonds. The average molecular weight is 779 g/mol. The van der Waals surface area contributed by atoms with Crippen molar-refractivity contribution >= 4 is 0 Å². The fourth-order valence-corrected chi connectivity index (χ4v) is 3.00. The van der Waals surface area contributed by atoms with Gasteiger partial charge in [0.25, 0.3) is 0 Å². The SMILES string of the molecule is [C-]1=CC=CC1.[C-]1=CC=CC1.[C-]1=CC=CC1.[C-]1=CC=CC1.[CH2-]c1ccccc1.[CH2-]c1ccccc1.[Zr+4].[Zr+4].[c-]1ccccc1.[c-]1ccccc1. The second-order valence-electron chi connectivity index (χ2n) is 9.14. The maximum Gasteiger partial charge on any atom is 4.00 e. The maximum atomic E-state index is 3.72. The summed E-state index contributed by atoms with van der Waals surface area (Å²) in [6.07, 6.45) is 40.0. The first-order chi connectivity index (χ1) is 22.8. The third-order valence-electron chi connectivity index (χ3n) is 5.24. The minimum absolute atomic E-state index is 0. The van der Waals surface area contributed by atoms with Crippen LogP contribution >= 0.6 is 0 Å². The van der Waals surface area contributed by atoms with Crippen molar-refractivity contribution < 1.29 is 52.4 Å². The summed E-state index contributed by atoms with van der Waals surface area (Å²) in [5, 5.41) is 0. The summed E-state index contributed by atoms with van der Waals surface area (Å²) in [6, 6.07) is 44.7. The molecule has 4 aromatic rings. The molecule has 4 aliphatic rings. The molecule has 0 saturated carbocycles. The van der Waals surface area contributed by atoms with E-state index in [2.05, 4.69) is 74.6 Å². The van der Waals surface area contributed by atoms with Gasteiger partial charge in [0.05, 0.1) is 0 Å². The summed E-state index contributed by atoms with van der Waals surface area (Å²) in [4.78, 5) is 0. The molecule has 0 aromatic heterocycles. The van der Waals surface area contributed by atoms with E-state index in [1.807, 2.05) is 170 Å². The van der Waals surface area contributed by atoms with Crippen LogP contribution in [-0.2, 0) is 52.4 Å². The van der Waals surface area contributed by atoms with Crippen LogP contribution in [0.1, 0.15) is 36.8 Å². The number of benzene rings is 4. The summed E-state index contributed by atoms with van der Waals surface area (Å²) < 4.78 is 0. The van der Waals surface area contributed by atoms with Crippen LogP contribution < -0.4 is 0 Å². The second kappa shape index (κ2) is 39.5. The minimum Gasteiger partial charge on any atom is -0.273 e. The van der Waals surface area contributed by atoms with Crippen LogP contribution in [0.4, 0.5) is 0 Å². The Hall–Kier alpha value is -3.69. The van der Waals surface area contributed by atoms with E-state index in [1.165, 1.54) is 0 Å². The molecule has 0 bridgehead atoms. The molecule has 0 radical (unpaired) electrons. The number of allylic oxidation sites excluding steroid dienone is 16. The van der Waals surface area contributed by atoms with Gasteiger partial charge in [-0.3, -0.25) is 24.3 Å². The Bertz CT molecular complexity index is 1160. The standard InChI is InChI=1S/2C7H7.2C6H5.4C5H5.2Zr/c2*1-7-5-3-2-4-6-7;2*1-2-4-6-5-3-1;4*1-2-4-5-3-1;;/h2*2-6H,1H2;2*1-5H;4*1-3H,4H2;;/q8*-1;2*+4. The molecule has 4 aromatic carbocycles. The van der Waals surface area contributed by atoms with E-state index in [0.717, 1.165) is 36.8 Å². The van der Waals surface area contributed by atoms with Crippen LogP contribution in [0.2, 0.25) is 0 Å². The van der Waals surface area contributed by atoms with Gasteiger partial charge < -0.3 is 0 Å². The third-order valence-corrected chi connectivity index (χ3v) is 5.24. The van der Waals surface area contributed by atoms with Gasteiger partial charge in [0.1, 0.15) is 0 Å². The monoisotopic (exact) mass is 776 g/mol. The van der Waals surface area contributed by atoms with Gasteiger partial charge in [-0.05, 0) is 0 Å². The predicted octanol–water partition coefficient (Wildman–Crippen LogP) is 11.9. The van der Waals surface area contributed by atoms with Gasteiger partial charge in [-0.1, -0.05) is 12.1 Å². The molecule has 4 aliphatic carbocycles. The summed E-state index contributed by atoms with van der Waals surface area (Å²) in [7, 11) is 0. The molecule has 2 heteroatoms. The van der Waals surface area contributed by atoms with E-state index in [-0.39, 0.29) is 52.4 Å². The number of hydrogen-bond donors (Lipinski definition) is 0. The number of rotatable bonds is 0. The average Bonchev–Trinajstić information content (AvgIpc) is 3.98. The van der Waals surface area contributed by atoms with E-state index in [9.17, 15) is 0 Å². The van der Waals surface area contributed by atoms with Crippen LogP contribution in [0.5, 0.6) is 0 Å². The molecular weight excluding hydrogens is 735 g/mol. The Morgan fingerprint density at radius 3 is 0.688 bits per heavy atom. The Labute approximate surface area is 331 Å². The molecule has 0 N–H and O–H groups in total. The van der Waals surface area contributed by atoms with Crippen molar-refractivity contribution in [3.8, 4) is 0 Å². The van der Waals surface area contributed by atoms with Crippen LogP contribution in [0.15, 0.2) is 194 Å². The van der Waals surface area contributed by atoms with Gasteiger partial charge in [-0.2, -0.15) is 146 Å². The topological polar surface area (TPSA) is 0 Å². The van der Waals surface area contributed by atoms with E-state index < -0.39 is 0 Å². The van der Waals surface area contributed by atoms with Gasteiger partial charge in [-0.15, -0.1) is 49.9 Å². The molecule has 8 rings (SSSR count). The fourth-order valence-electron chi connectivity index (χ4n) is 3.00. The first-order valence-corrected chi connectivity index (χ1v) is 15.2. The van der Waals surface area contributed by atoms with Crippen molar-refractivity contribution in [2.75, 3.05) is 0 Å². The van der Waals surface area contributed by atoms with Crippen molar-refractivity contribution in [2.24, 2.45) is 0 Å². The van der Waals surface area contributed by atoms with Crippen molar-refractivity contribution in [3.05, 3.63) is 256 Å². The van der Waals surface area contributed by atoms with Gasteiger partial charge in [-0.25, -0.2) is 48.6 Å². The van der Waals surface area contributed by atoms with Gasteiger partial charge in [0, 0.05) is 0 Å². The van der Waals surface area contributed by atoms with Gasteiger partial charge in [0.2, 0.25) is 0 Å². The second-order valence-corrected chi connectivity index (χ2v) is 9.14. The zero-order chi connectivity index (χ0) is 32.9. The van der Waals surface area contributed by atoms with Gasteiger partial charge >= 0.3 is 52.4 Å². The normalized spacial score (nSPS) is 11.8. The van der Waals surface area contributed by atoms with E-state index in [0.29, 0.717) is 0 Å². The largest absolute Gasteiger partial charge is 4.00 e. The molecule has 0 spiro atoms. The Morgan fingerprint density at radius 1 is 0.354 bits per heavy atom. The Kier molecular flexibility index (Phi) is 38.2. The molecule has 0 nitrogen and oxygen atoms in total. The Balaban J connectivity index is 0. The van der Waals surface area contributed by atoms with Crippen molar-refractivity contribution in [3.63, 3.8) is 0 Å². The minimum atomic E-state index is 0. The molecule has 0 heterocycles. The quantitative estimate of drug-likeness (QED) is 0.156.